The molecule has 29 heavy (non-hydrogen) atoms. The van der Waals surface area contributed by atoms with Crippen molar-refractivity contribution in [1.29, 1.82) is 0 Å². The van der Waals surface area contributed by atoms with E-state index < -0.39 is 0 Å². The maximum Gasteiger partial charge on any atom is 0.220 e. The van der Waals surface area contributed by atoms with Gasteiger partial charge in [0.25, 0.3) is 0 Å². The highest BCUT2D eigenvalue weighted by molar-refractivity contribution is 8.15. The van der Waals surface area contributed by atoms with Gasteiger partial charge in [-0.1, -0.05) is 11.8 Å². The minimum atomic E-state index is 0.161. The number of benzene rings is 1. The van der Waals surface area contributed by atoms with Crippen LogP contribution in [0.5, 0.6) is 5.75 Å². The van der Waals surface area contributed by atoms with Crippen molar-refractivity contribution in [2.75, 3.05) is 26.2 Å². The molecule has 2 fully saturated rings. The van der Waals surface area contributed by atoms with Gasteiger partial charge in [0.2, 0.25) is 5.91 Å². The van der Waals surface area contributed by atoms with Crippen molar-refractivity contribution in [3.8, 4) is 5.75 Å². The van der Waals surface area contributed by atoms with Gasteiger partial charge in [0.15, 0.2) is 0 Å². The maximum absolute atomic E-state index is 12.1. The Morgan fingerprint density at radius 3 is 2.72 bits per heavy atom. The maximum atomic E-state index is 12.1. The first-order valence-electron chi connectivity index (χ1n) is 11.1. The van der Waals surface area contributed by atoms with Gasteiger partial charge in [-0.25, -0.2) is 0 Å². The van der Waals surface area contributed by atoms with Gasteiger partial charge in [-0.2, -0.15) is 0 Å². The number of thioether (sulfide) groups is 1. The number of ether oxygens (including phenoxy) is 1. The van der Waals surface area contributed by atoms with Gasteiger partial charge in [-0.05, 0) is 76.3 Å². The Hall–Kier alpha value is -1.53. The normalized spacial score (nSPS) is 27.4. The summed E-state index contributed by atoms with van der Waals surface area (Å²) in [5.74, 6) is 1.09. The Kier molecular flexibility index (Phi) is 6.81. The van der Waals surface area contributed by atoms with E-state index in [-0.39, 0.29) is 17.3 Å². The van der Waals surface area contributed by atoms with Crippen molar-refractivity contribution in [3.63, 3.8) is 0 Å². The van der Waals surface area contributed by atoms with Crippen molar-refractivity contribution >= 4 is 22.7 Å². The molecular formula is C23H33N3O2S. The van der Waals surface area contributed by atoms with Crippen LogP contribution >= 0.6 is 11.8 Å². The predicted octanol–water partition coefficient (Wildman–Crippen LogP) is 4.16. The Balaban J connectivity index is 1.30. The molecule has 3 atom stereocenters. The molecular weight excluding hydrogens is 382 g/mol. The molecule has 158 valence electrons. The minimum Gasteiger partial charge on any atom is -0.494 e. The molecule has 3 aliphatic rings. The minimum absolute atomic E-state index is 0.161. The summed E-state index contributed by atoms with van der Waals surface area (Å²) in [7, 11) is 0. The van der Waals surface area contributed by atoms with Crippen molar-refractivity contribution in [1.82, 2.24) is 9.80 Å². The highest BCUT2D eigenvalue weighted by Crippen LogP contribution is 2.37. The third kappa shape index (κ3) is 4.97. The van der Waals surface area contributed by atoms with E-state index in [0.717, 1.165) is 67.8 Å². The number of rotatable bonds is 6. The third-order valence-electron chi connectivity index (χ3n) is 6.36. The van der Waals surface area contributed by atoms with Crippen molar-refractivity contribution in [2.45, 2.75) is 69.8 Å². The topological polar surface area (TPSA) is 45.1 Å². The number of nitrogens with zero attached hydrogens (tertiary/aromatic N) is 3. The van der Waals surface area contributed by atoms with Gasteiger partial charge in [-0.15, -0.1) is 0 Å². The predicted molar refractivity (Wildman–Crippen MR) is 120 cm³/mol. The van der Waals surface area contributed by atoms with Crippen LogP contribution in [0.2, 0.25) is 0 Å². The van der Waals surface area contributed by atoms with Crippen molar-refractivity contribution < 1.29 is 9.53 Å². The zero-order valence-corrected chi connectivity index (χ0v) is 18.5. The van der Waals surface area contributed by atoms with E-state index >= 15 is 0 Å². The summed E-state index contributed by atoms with van der Waals surface area (Å²) in [5.41, 5.74) is 1.13. The van der Waals surface area contributed by atoms with Crippen LogP contribution in [0.25, 0.3) is 0 Å². The summed E-state index contributed by atoms with van der Waals surface area (Å²) in [6.45, 7) is 7.98. The van der Waals surface area contributed by atoms with Crippen molar-refractivity contribution in [2.24, 2.45) is 4.99 Å². The lowest BCUT2D eigenvalue weighted by atomic mass is 10.1. The molecule has 0 spiro atoms. The Morgan fingerprint density at radius 1 is 1.17 bits per heavy atom. The smallest absolute Gasteiger partial charge is 0.220 e. The second-order valence-electron chi connectivity index (χ2n) is 8.47. The van der Waals surface area contributed by atoms with Crippen molar-refractivity contribution in [3.05, 3.63) is 29.8 Å². The van der Waals surface area contributed by atoms with Crippen LogP contribution in [-0.2, 0) is 4.79 Å². The largest absolute Gasteiger partial charge is 0.494 e. The van der Waals surface area contributed by atoms with Crippen LogP contribution < -0.4 is 4.74 Å². The Labute approximate surface area is 178 Å². The van der Waals surface area contributed by atoms with Gasteiger partial charge >= 0.3 is 0 Å². The van der Waals surface area contributed by atoms with Gasteiger partial charge in [0.05, 0.1) is 12.6 Å². The number of aliphatic imine (C=N–C) groups is 1. The van der Waals surface area contributed by atoms with E-state index in [1.165, 1.54) is 19.4 Å². The summed E-state index contributed by atoms with van der Waals surface area (Å²) >= 11 is 1.75. The molecule has 6 heteroatoms. The molecule has 0 aliphatic carbocycles. The third-order valence-corrected chi connectivity index (χ3v) is 7.73. The lowest BCUT2D eigenvalue weighted by Crippen LogP contribution is -2.40. The van der Waals surface area contributed by atoms with Gasteiger partial charge in [0, 0.05) is 31.6 Å². The lowest BCUT2D eigenvalue weighted by Gasteiger charge is -2.27. The lowest BCUT2D eigenvalue weighted by molar-refractivity contribution is -0.129. The molecule has 0 saturated carbocycles. The van der Waals surface area contributed by atoms with Gasteiger partial charge < -0.3 is 14.5 Å². The number of carbonyl (C=O) groups excluding carboxylic acids is 1. The fraction of sp³-hybridized carbons (Fsp3) is 0.652. The van der Waals surface area contributed by atoms with E-state index in [9.17, 15) is 4.79 Å². The zero-order valence-electron chi connectivity index (χ0n) is 17.7. The molecule has 5 nitrogen and oxygen atoms in total. The first kappa shape index (κ1) is 20.7. The monoisotopic (exact) mass is 415 g/mol. The van der Waals surface area contributed by atoms with E-state index in [1.54, 1.807) is 18.7 Å². The number of fused-ring (bicyclic) bond motifs is 1. The summed E-state index contributed by atoms with van der Waals surface area (Å²) in [6.07, 6.45) is 7.03. The fourth-order valence-electron chi connectivity index (χ4n) is 4.63. The second kappa shape index (κ2) is 9.52. The van der Waals surface area contributed by atoms with Crippen LogP contribution in [0.3, 0.4) is 0 Å². The van der Waals surface area contributed by atoms with Crippen LogP contribution in [-0.4, -0.2) is 64.4 Å². The summed E-state index contributed by atoms with van der Waals surface area (Å²) in [4.78, 5) is 21.6. The van der Waals surface area contributed by atoms with Crippen LogP contribution in [0.1, 0.15) is 57.9 Å². The highest BCUT2D eigenvalue weighted by Gasteiger charge is 2.37. The van der Waals surface area contributed by atoms with Crippen LogP contribution in [0, 0.1) is 0 Å². The molecule has 1 aromatic carbocycles. The average molecular weight is 416 g/mol. The Bertz CT molecular complexity index is 736. The number of carbonyl (C=O) groups is 1. The molecule has 3 heterocycles. The molecule has 2 saturated heterocycles. The standard InChI is InChI=1S/C23H33N3O2S/c1-17-7-5-13-25(17)14-6-16-28-20-11-9-19(10-12-20)22-24-21-8-3-4-15-26(18(2)27)23(21)29-22/h9-12,17,21,23H,3-8,13-16H2,1-2H3/t17-,21?,23?/m1/s1. The molecule has 1 amide bonds. The summed E-state index contributed by atoms with van der Waals surface area (Å²) < 4.78 is 5.95. The second-order valence-corrected chi connectivity index (χ2v) is 9.58. The van der Waals surface area contributed by atoms with E-state index in [0.29, 0.717) is 0 Å². The molecule has 0 aromatic heterocycles. The zero-order chi connectivity index (χ0) is 20.2. The molecule has 0 N–H and O–H groups in total. The van der Waals surface area contributed by atoms with E-state index in [4.69, 9.17) is 9.73 Å². The van der Waals surface area contributed by atoms with Crippen LogP contribution in [0.4, 0.5) is 0 Å². The number of amides is 1. The number of likely N-dealkylation sites (tertiary alicyclic amines) is 2. The molecule has 0 bridgehead atoms. The SMILES string of the molecule is CC(=O)N1CCCCC2N=C(c3ccc(OCCCN4CCC[C@H]4C)cc3)SC21. The number of hydrogen-bond acceptors (Lipinski definition) is 5. The first-order valence-corrected chi connectivity index (χ1v) is 12.0. The molecule has 2 unspecified atom stereocenters. The molecule has 1 aromatic rings. The molecule has 0 radical (unpaired) electrons. The average Bonchev–Trinajstić information content (AvgIpc) is 3.26. The highest BCUT2D eigenvalue weighted by atomic mass is 32.2. The van der Waals surface area contributed by atoms with E-state index in [1.807, 2.05) is 17.0 Å². The first-order chi connectivity index (χ1) is 14.1. The molecule has 4 rings (SSSR count). The van der Waals surface area contributed by atoms with E-state index in [2.05, 4.69) is 24.0 Å². The Morgan fingerprint density at radius 2 is 2.00 bits per heavy atom. The van der Waals surface area contributed by atoms with Gasteiger partial charge in [-0.3, -0.25) is 9.79 Å². The van der Waals surface area contributed by atoms with Gasteiger partial charge in [0.1, 0.15) is 16.2 Å². The van der Waals surface area contributed by atoms with Crippen LogP contribution in [0.15, 0.2) is 29.3 Å². The summed E-state index contributed by atoms with van der Waals surface area (Å²) in [5, 5.41) is 1.22. The number of hydrogen-bond donors (Lipinski definition) is 0. The quantitative estimate of drug-likeness (QED) is 0.655. The fourth-order valence-corrected chi connectivity index (χ4v) is 6.07. The summed E-state index contributed by atoms with van der Waals surface area (Å²) in [6, 6.07) is 9.26. The molecule has 3 aliphatic heterocycles.